The third-order valence-electron chi connectivity index (χ3n) is 7.49. The van der Waals surface area contributed by atoms with Crippen LogP contribution in [0.5, 0.6) is 0 Å². The van der Waals surface area contributed by atoms with Gasteiger partial charge in [-0.25, -0.2) is 18.6 Å². The number of piperidine rings is 1. The largest absolute Gasteiger partial charge is 0.468 e. The zero-order chi connectivity index (χ0) is 29.6. The van der Waals surface area contributed by atoms with E-state index in [0.717, 1.165) is 29.3 Å². The number of aromatic nitrogens is 1. The summed E-state index contributed by atoms with van der Waals surface area (Å²) in [4.78, 5) is 48.9. The van der Waals surface area contributed by atoms with Crippen LogP contribution in [0.2, 0.25) is 0 Å². The van der Waals surface area contributed by atoms with Crippen LogP contribution >= 0.6 is 0 Å². The maximum absolute atomic E-state index is 14.3. The third kappa shape index (κ3) is 6.58. The Morgan fingerprint density at radius 1 is 1.20 bits per heavy atom. The number of methoxy groups -OCH3 is 2. The predicted octanol–water partition coefficient (Wildman–Crippen LogP) is 2.46. The number of hydrazine groups is 1. The summed E-state index contributed by atoms with van der Waals surface area (Å²) in [6.07, 6.45) is 3.50. The molecule has 2 aliphatic heterocycles. The lowest BCUT2D eigenvalue weighted by Gasteiger charge is -2.43. The molecule has 0 aliphatic carbocycles. The number of hydrogen-bond acceptors (Lipinski definition) is 8. The number of amides is 3. The fourth-order valence-corrected chi connectivity index (χ4v) is 5.36. The van der Waals surface area contributed by atoms with Crippen molar-refractivity contribution in [3.8, 4) is 0 Å². The first-order valence-electron chi connectivity index (χ1n) is 13.2. The molecule has 220 valence electrons. The molecular weight excluding hydrogens is 540 g/mol. The molecule has 0 spiro atoms. The van der Waals surface area contributed by atoms with Crippen molar-refractivity contribution in [3.05, 3.63) is 65.5 Å². The second-order valence-electron chi connectivity index (χ2n) is 9.99. The molecule has 41 heavy (non-hydrogen) atoms. The monoisotopic (exact) mass is 573 g/mol. The van der Waals surface area contributed by atoms with Crippen LogP contribution in [0.3, 0.4) is 0 Å². The van der Waals surface area contributed by atoms with Crippen LogP contribution < -0.4 is 0 Å². The molecule has 1 aromatic carbocycles. The molecule has 1 fully saturated rings. The average molecular weight is 574 g/mol. The molecule has 13 heteroatoms. The van der Waals surface area contributed by atoms with Gasteiger partial charge in [0.2, 0.25) is 6.41 Å². The normalized spacial score (nSPS) is 20.9. The highest BCUT2D eigenvalue weighted by atomic mass is 19.2. The van der Waals surface area contributed by atoms with E-state index >= 15 is 0 Å². The van der Waals surface area contributed by atoms with Gasteiger partial charge in [-0.1, -0.05) is 12.1 Å². The fraction of sp³-hybridized carbons (Fsp3) is 0.464. The summed E-state index contributed by atoms with van der Waals surface area (Å²) in [6, 6.07) is 6.33. The number of esters is 1. The molecule has 0 radical (unpaired) electrons. The van der Waals surface area contributed by atoms with E-state index in [2.05, 4.69) is 14.9 Å². The van der Waals surface area contributed by atoms with Gasteiger partial charge in [0, 0.05) is 32.9 Å². The molecule has 11 nitrogen and oxygen atoms in total. The first-order chi connectivity index (χ1) is 19.7. The maximum atomic E-state index is 14.3. The van der Waals surface area contributed by atoms with Gasteiger partial charge in [-0.2, -0.15) is 4.99 Å². The number of carbonyl (C=O) groups excluding carboxylic acids is 3. The number of hydrogen-bond donors (Lipinski definition) is 1. The Morgan fingerprint density at radius 2 is 1.95 bits per heavy atom. The lowest BCUT2D eigenvalue weighted by Crippen LogP contribution is -2.55. The summed E-state index contributed by atoms with van der Waals surface area (Å²) >= 11 is 0. The minimum absolute atomic E-state index is 0.0369. The van der Waals surface area contributed by atoms with Crippen LogP contribution in [-0.4, -0.2) is 96.1 Å². The van der Waals surface area contributed by atoms with Crippen LogP contribution in [0, 0.1) is 17.6 Å². The molecule has 1 N–H and O–H groups in total. The van der Waals surface area contributed by atoms with Crippen LogP contribution in [-0.2, 0) is 24.7 Å². The molecule has 3 heterocycles. The lowest BCUT2D eigenvalue weighted by molar-refractivity contribution is -0.150. The van der Waals surface area contributed by atoms with Crippen molar-refractivity contribution in [2.75, 3.05) is 47.0 Å². The summed E-state index contributed by atoms with van der Waals surface area (Å²) in [5.41, 5.74) is -0.263. The minimum atomic E-state index is -1.25. The van der Waals surface area contributed by atoms with E-state index in [1.165, 1.54) is 13.2 Å². The molecule has 1 saturated heterocycles. The highest BCUT2D eigenvalue weighted by molar-refractivity contribution is 6.10. The van der Waals surface area contributed by atoms with Gasteiger partial charge in [-0.05, 0) is 55.6 Å². The zero-order valence-corrected chi connectivity index (χ0v) is 22.9. The second kappa shape index (κ2) is 13.2. The number of nitrogens with zero attached hydrogens (tertiary/aromatic N) is 5. The third-order valence-corrected chi connectivity index (χ3v) is 7.49. The summed E-state index contributed by atoms with van der Waals surface area (Å²) in [6.45, 7) is 1.63. The topological polar surface area (TPSA) is 125 Å². The number of ether oxygens (including phenoxy) is 2. The van der Waals surface area contributed by atoms with Crippen molar-refractivity contribution in [1.29, 1.82) is 0 Å². The molecule has 1 aromatic heterocycles. The number of aliphatic hydroxyl groups is 1. The summed E-state index contributed by atoms with van der Waals surface area (Å²) in [5.74, 6) is -4.31. The van der Waals surface area contributed by atoms with E-state index < -0.39 is 41.2 Å². The average Bonchev–Trinajstić information content (AvgIpc) is 2.98. The van der Waals surface area contributed by atoms with Gasteiger partial charge in [-0.3, -0.25) is 19.6 Å². The Morgan fingerprint density at radius 3 is 2.56 bits per heavy atom. The van der Waals surface area contributed by atoms with E-state index in [4.69, 9.17) is 9.47 Å². The summed E-state index contributed by atoms with van der Waals surface area (Å²) in [7, 11) is 2.51. The van der Waals surface area contributed by atoms with Crippen LogP contribution in [0.15, 0.2) is 47.6 Å². The highest BCUT2D eigenvalue weighted by Gasteiger charge is 2.47. The molecule has 2 aliphatic rings. The van der Waals surface area contributed by atoms with Gasteiger partial charge in [0.25, 0.3) is 0 Å². The fourth-order valence-electron chi connectivity index (χ4n) is 5.36. The van der Waals surface area contributed by atoms with Gasteiger partial charge in [0.15, 0.2) is 11.6 Å². The lowest BCUT2D eigenvalue weighted by atomic mass is 9.87. The molecule has 0 saturated carbocycles. The van der Waals surface area contributed by atoms with Crippen molar-refractivity contribution in [3.63, 3.8) is 0 Å². The summed E-state index contributed by atoms with van der Waals surface area (Å²) < 4.78 is 38.2. The van der Waals surface area contributed by atoms with E-state index in [9.17, 15) is 28.3 Å². The van der Waals surface area contributed by atoms with Crippen LogP contribution in [0.25, 0.3) is 0 Å². The van der Waals surface area contributed by atoms with Gasteiger partial charge in [-0.15, -0.1) is 0 Å². The molecule has 2 atom stereocenters. The van der Waals surface area contributed by atoms with Crippen LogP contribution in [0.4, 0.5) is 13.6 Å². The number of urea groups is 1. The number of benzene rings is 1. The standard InChI is InChI=1S/C28H33F2N5O6/c1-40-17-22-24(26(37)41-2)25(19-7-8-20(29)21(30)16-19)35(27(38)32-22)34(18-36)13-5-12-33-14-9-28(39,10-15-33)23-6-3-4-11-31-23/h3-4,6-8,11,16,18,24-25,39H,5,9-10,12-15,17H2,1-2H3. The Bertz CT molecular complexity index is 1270. The van der Waals surface area contributed by atoms with Crippen LogP contribution in [0.1, 0.15) is 36.6 Å². The maximum Gasteiger partial charge on any atom is 0.363 e. The van der Waals surface area contributed by atoms with Gasteiger partial charge < -0.3 is 19.5 Å². The zero-order valence-electron chi connectivity index (χ0n) is 22.9. The highest BCUT2D eigenvalue weighted by Crippen LogP contribution is 2.37. The summed E-state index contributed by atoms with van der Waals surface area (Å²) in [5, 5.41) is 13.1. The number of halogens is 2. The smallest absolute Gasteiger partial charge is 0.363 e. The van der Waals surface area contributed by atoms with Gasteiger partial charge in [0.1, 0.15) is 11.5 Å². The number of rotatable bonds is 11. The minimum Gasteiger partial charge on any atom is -0.468 e. The van der Waals surface area contributed by atoms with Crippen molar-refractivity contribution >= 4 is 24.1 Å². The Balaban J connectivity index is 1.52. The first-order valence-corrected chi connectivity index (χ1v) is 13.2. The SMILES string of the molecule is COCC1=NC(=O)N(N(C=O)CCCN2CCC(O)(c3ccccn3)CC2)C(c2ccc(F)c(F)c2)C1C(=O)OC. The molecule has 4 rings (SSSR count). The molecule has 2 aromatic rings. The van der Waals surface area contributed by atoms with E-state index in [0.29, 0.717) is 51.0 Å². The van der Waals surface area contributed by atoms with Crippen molar-refractivity contribution in [2.24, 2.45) is 10.9 Å². The van der Waals surface area contributed by atoms with Gasteiger partial charge in [0.05, 0.1) is 31.2 Å². The quantitative estimate of drug-likeness (QED) is 0.321. The molecule has 2 unspecified atom stereocenters. The Labute approximate surface area is 236 Å². The molecule has 0 bridgehead atoms. The predicted molar refractivity (Wildman–Crippen MR) is 142 cm³/mol. The molecule has 3 amide bonds. The van der Waals surface area contributed by atoms with E-state index in [1.54, 1.807) is 18.3 Å². The van der Waals surface area contributed by atoms with Gasteiger partial charge >= 0.3 is 12.0 Å². The number of aliphatic imine (C=N–C) groups is 1. The number of pyridine rings is 1. The van der Waals surface area contributed by atoms with Crippen molar-refractivity contribution in [2.45, 2.75) is 30.9 Å². The Hall–Kier alpha value is -3.81. The van der Waals surface area contributed by atoms with E-state index in [-0.39, 0.29) is 24.4 Å². The first kappa shape index (κ1) is 30.2. The second-order valence-corrected chi connectivity index (χ2v) is 9.99. The number of carbonyl (C=O) groups is 3. The number of likely N-dealkylation sites (tertiary alicyclic amines) is 1. The molecular formula is C28H33F2N5O6. The Kier molecular flexibility index (Phi) is 9.73. The van der Waals surface area contributed by atoms with E-state index in [1.807, 2.05) is 6.07 Å². The van der Waals surface area contributed by atoms with Crippen molar-refractivity contribution < 1.29 is 37.7 Å². The van der Waals surface area contributed by atoms with Crippen molar-refractivity contribution in [1.82, 2.24) is 19.9 Å².